The zero-order chi connectivity index (χ0) is 19.9. The highest BCUT2D eigenvalue weighted by atomic mass is 35.5. The van der Waals surface area contributed by atoms with Gasteiger partial charge in [-0.15, -0.1) is 10.2 Å². The van der Waals surface area contributed by atoms with Crippen LogP contribution in [0.5, 0.6) is 11.5 Å². The van der Waals surface area contributed by atoms with Crippen LogP contribution < -0.4 is 9.47 Å². The van der Waals surface area contributed by atoms with Crippen molar-refractivity contribution in [1.29, 1.82) is 0 Å². The quantitative estimate of drug-likeness (QED) is 0.386. The lowest BCUT2D eigenvalue weighted by atomic mass is 10.2. The van der Waals surface area contributed by atoms with Gasteiger partial charge in [-0.3, -0.25) is 0 Å². The number of ether oxygens (including phenoxy) is 2. The second kappa shape index (κ2) is 9.61. The molecule has 6 nitrogen and oxygen atoms in total. The van der Waals surface area contributed by atoms with Crippen molar-refractivity contribution in [3.05, 3.63) is 64.9 Å². The molecule has 0 aliphatic rings. The summed E-state index contributed by atoms with van der Waals surface area (Å²) in [7, 11) is 1.62. The van der Waals surface area contributed by atoms with Crippen molar-refractivity contribution >= 4 is 29.6 Å². The highest BCUT2D eigenvalue weighted by molar-refractivity contribution is 7.98. The lowest BCUT2D eigenvalue weighted by molar-refractivity contribution is 0.230. The Labute approximate surface area is 173 Å². The van der Waals surface area contributed by atoms with E-state index in [9.17, 15) is 0 Å². The molecule has 0 atom stereocenters. The van der Waals surface area contributed by atoms with Gasteiger partial charge in [0, 0.05) is 10.8 Å². The van der Waals surface area contributed by atoms with Gasteiger partial charge in [-0.2, -0.15) is 9.78 Å². The summed E-state index contributed by atoms with van der Waals surface area (Å²) in [4.78, 5) is 0. The van der Waals surface area contributed by atoms with Crippen LogP contribution in [0.1, 0.15) is 25.0 Å². The number of thioether (sulfide) groups is 1. The van der Waals surface area contributed by atoms with Gasteiger partial charge in [0.05, 0.1) is 19.4 Å². The number of halogens is 1. The lowest BCUT2D eigenvalue weighted by Gasteiger charge is -2.13. The molecule has 0 aliphatic heterocycles. The van der Waals surface area contributed by atoms with Gasteiger partial charge in [0.2, 0.25) is 5.16 Å². The first kappa shape index (κ1) is 20.2. The van der Waals surface area contributed by atoms with Crippen molar-refractivity contribution in [3.8, 4) is 11.5 Å². The maximum Gasteiger partial charge on any atom is 0.212 e. The molecule has 0 radical (unpaired) electrons. The third-order valence-electron chi connectivity index (χ3n) is 3.70. The Kier molecular flexibility index (Phi) is 6.95. The van der Waals surface area contributed by atoms with Gasteiger partial charge in [0.15, 0.2) is 11.5 Å². The van der Waals surface area contributed by atoms with Crippen LogP contribution in [0.15, 0.2) is 59.0 Å². The highest BCUT2D eigenvalue weighted by Gasteiger charge is 2.08. The van der Waals surface area contributed by atoms with Crippen LogP contribution in [0.2, 0.25) is 5.02 Å². The van der Waals surface area contributed by atoms with Crippen molar-refractivity contribution in [2.24, 2.45) is 5.10 Å². The first-order chi connectivity index (χ1) is 13.6. The molecule has 0 fully saturated rings. The number of benzene rings is 2. The Hall–Kier alpha value is -2.51. The van der Waals surface area contributed by atoms with Crippen LogP contribution in [-0.2, 0) is 5.75 Å². The molecule has 1 aromatic heterocycles. The first-order valence-electron chi connectivity index (χ1n) is 8.72. The van der Waals surface area contributed by atoms with Crippen molar-refractivity contribution in [2.45, 2.75) is 30.9 Å². The fourth-order valence-electron chi connectivity index (χ4n) is 2.40. The van der Waals surface area contributed by atoms with Gasteiger partial charge in [0.1, 0.15) is 6.33 Å². The lowest BCUT2D eigenvalue weighted by Crippen LogP contribution is -2.06. The largest absolute Gasteiger partial charge is 0.493 e. The molecule has 8 heteroatoms. The second-order valence-electron chi connectivity index (χ2n) is 6.16. The zero-order valence-corrected chi connectivity index (χ0v) is 17.4. The summed E-state index contributed by atoms with van der Waals surface area (Å²) in [6.07, 6.45) is 3.37. The SMILES string of the molecule is COc1cc(/C=N\n2cnnc2SCc2ccccc2Cl)ccc1OC(C)C. The Morgan fingerprint density at radius 1 is 1.21 bits per heavy atom. The van der Waals surface area contributed by atoms with Crippen LogP contribution >= 0.6 is 23.4 Å². The average molecular weight is 417 g/mol. The fraction of sp³-hybridized carbons (Fsp3) is 0.250. The van der Waals surface area contributed by atoms with Crippen molar-refractivity contribution in [3.63, 3.8) is 0 Å². The molecular formula is C20H21ClN4O2S. The molecule has 0 spiro atoms. The number of hydrogen-bond acceptors (Lipinski definition) is 6. The van der Waals surface area contributed by atoms with E-state index in [0.717, 1.165) is 16.1 Å². The maximum atomic E-state index is 6.21. The summed E-state index contributed by atoms with van der Waals surface area (Å²) in [5.41, 5.74) is 1.92. The minimum Gasteiger partial charge on any atom is -0.493 e. The fourth-order valence-corrected chi connectivity index (χ4v) is 3.55. The average Bonchev–Trinajstić information content (AvgIpc) is 3.13. The molecule has 146 valence electrons. The summed E-state index contributed by atoms with van der Waals surface area (Å²) < 4.78 is 12.8. The smallest absolute Gasteiger partial charge is 0.212 e. The van der Waals surface area contributed by atoms with E-state index in [-0.39, 0.29) is 6.10 Å². The van der Waals surface area contributed by atoms with Crippen molar-refractivity contribution in [1.82, 2.24) is 14.9 Å². The number of methoxy groups -OCH3 is 1. The number of aromatic nitrogens is 3. The van der Waals surface area contributed by atoms with Gasteiger partial charge in [-0.1, -0.05) is 41.6 Å². The molecule has 0 aliphatic carbocycles. The number of nitrogens with zero attached hydrogens (tertiary/aromatic N) is 4. The van der Waals surface area contributed by atoms with Crippen molar-refractivity contribution in [2.75, 3.05) is 7.11 Å². The van der Waals surface area contributed by atoms with E-state index in [0.29, 0.717) is 22.4 Å². The molecule has 0 unspecified atom stereocenters. The molecule has 2 aromatic carbocycles. The van der Waals surface area contributed by atoms with E-state index in [2.05, 4.69) is 15.3 Å². The van der Waals surface area contributed by atoms with Crippen LogP contribution in [0, 0.1) is 0 Å². The number of rotatable bonds is 8. The second-order valence-corrected chi connectivity index (χ2v) is 7.51. The van der Waals surface area contributed by atoms with E-state index in [1.54, 1.807) is 24.3 Å². The predicted octanol–water partition coefficient (Wildman–Crippen LogP) is 4.90. The van der Waals surface area contributed by atoms with Gasteiger partial charge in [0.25, 0.3) is 0 Å². The monoisotopic (exact) mass is 416 g/mol. The van der Waals surface area contributed by atoms with E-state index < -0.39 is 0 Å². The molecule has 1 heterocycles. The Morgan fingerprint density at radius 3 is 2.79 bits per heavy atom. The Bertz CT molecular complexity index is 959. The third-order valence-corrected chi connectivity index (χ3v) is 5.05. The van der Waals surface area contributed by atoms with Gasteiger partial charge >= 0.3 is 0 Å². The summed E-state index contributed by atoms with van der Waals surface area (Å²) in [6.45, 7) is 3.95. The van der Waals surface area contributed by atoms with Crippen molar-refractivity contribution < 1.29 is 9.47 Å². The topological polar surface area (TPSA) is 61.5 Å². The molecule has 3 rings (SSSR count). The van der Waals surface area contributed by atoms with Gasteiger partial charge < -0.3 is 9.47 Å². The zero-order valence-electron chi connectivity index (χ0n) is 15.9. The molecule has 0 saturated heterocycles. The van der Waals surface area contributed by atoms with Crippen LogP contribution in [0.3, 0.4) is 0 Å². The molecule has 0 amide bonds. The third kappa shape index (κ3) is 5.27. The summed E-state index contributed by atoms with van der Waals surface area (Å²) >= 11 is 7.73. The highest BCUT2D eigenvalue weighted by Crippen LogP contribution is 2.29. The molecule has 0 N–H and O–H groups in total. The van der Waals surface area contributed by atoms with E-state index in [1.165, 1.54) is 11.8 Å². The van der Waals surface area contributed by atoms with E-state index in [4.69, 9.17) is 21.1 Å². The van der Waals surface area contributed by atoms with Gasteiger partial charge in [-0.25, -0.2) is 0 Å². The van der Waals surface area contributed by atoms with E-state index in [1.807, 2.05) is 56.3 Å². The minimum atomic E-state index is 0.0724. The number of hydrogen-bond donors (Lipinski definition) is 0. The van der Waals surface area contributed by atoms with Crippen LogP contribution in [0.25, 0.3) is 0 Å². The Morgan fingerprint density at radius 2 is 2.04 bits per heavy atom. The minimum absolute atomic E-state index is 0.0724. The van der Waals surface area contributed by atoms with Crippen LogP contribution in [0.4, 0.5) is 0 Å². The summed E-state index contributed by atoms with van der Waals surface area (Å²) in [5.74, 6) is 2.05. The van der Waals surface area contributed by atoms with Crippen LogP contribution in [-0.4, -0.2) is 34.3 Å². The standard InChI is InChI=1S/C20H21ClN4O2S/c1-14(2)27-18-9-8-15(10-19(18)26-3)11-23-25-13-22-24-20(25)28-12-16-6-4-5-7-17(16)21/h4-11,13-14H,12H2,1-3H3/b23-11-. The Balaban J connectivity index is 1.71. The van der Waals surface area contributed by atoms with E-state index >= 15 is 0 Å². The normalized spacial score (nSPS) is 11.3. The molecular weight excluding hydrogens is 396 g/mol. The molecule has 0 bridgehead atoms. The molecule has 3 aromatic rings. The predicted molar refractivity (Wildman–Crippen MR) is 113 cm³/mol. The van der Waals surface area contributed by atoms with Gasteiger partial charge in [-0.05, 0) is 49.2 Å². The molecule has 28 heavy (non-hydrogen) atoms. The first-order valence-corrected chi connectivity index (χ1v) is 10.1. The summed E-state index contributed by atoms with van der Waals surface area (Å²) in [6, 6.07) is 13.4. The maximum absolute atomic E-state index is 6.21. The summed E-state index contributed by atoms with van der Waals surface area (Å²) in [5, 5.41) is 14.0. The molecule has 0 saturated carbocycles.